The Kier molecular flexibility index (Phi) is 4.18. The van der Waals surface area contributed by atoms with Gasteiger partial charge in [-0.15, -0.1) is 0 Å². The van der Waals surface area contributed by atoms with Gasteiger partial charge in [0.05, 0.1) is 5.69 Å². The summed E-state index contributed by atoms with van der Waals surface area (Å²) in [4.78, 5) is 2.53. The molecule has 4 nitrogen and oxygen atoms in total. The lowest BCUT2D eigenvalue weighted by Crippen LogP contribution is -2.41. The molecule has 1 fully saturated rings. The van der Waals surface area contributed by atoms with Gasteiger partial charge in [0.2, 0.25) is 0 Å². The van der Waals surface area contributed by atoms with Crippen molar-refractivity contribution in [3.8, 4) is 0 Å². The number of aryl methyl sites for hydroxylation is 1. The van der Waals surface area contributed by atoms with Gasteiger partial charge in [0, 0.05) is 38.4 Å². The van der Waals surface area contributed by atoms with Crippen LogP contribution in [0.1, 0.15) is 32.4 Å². The van der Waals surface area contributed by atoms with Crippen molar-refractivity contribution in [3.63, 3.8) is 0 Å². The highest BCUT2D eigenvalue weighted by Gasteiger charge is 2.20. The second-order valence-corrected chi connectivity index (χ2v) is 5.26. The van der Waals surface area contributed by atoms with E-state index in [1.54, 1.807) is 0 Å². The van der Waals surface area contributed by atoms with E-state index >= 15 is 0 Å². The maximum atomic E-state index is 4.24. The van der Waals surface area contributed by atoms with Gasteiger partial charge in [-0.3, -0.25) is 9.58 Å². The van der Waals surface area contributed by atoms with Crippen LogP contribution in [-0.2, 0) is 13.6 Å². The number of aromatic nitrogens is 2. The van der Waals surface area contributed by atoms with Crippen LogP contribution in [0.4, 0.5) is 0 Å². The number of hydrogen-bond donors (Lipinski definition) is 1. The molecule has 1 aromatic heterocycles. The second-order valence-electron chi connectivity index (χ2n) is 5.26. The van der Waals surface area contributed by atoms with E-state index in [1.807, 2.05) is 17.9 Å². The van der Waals surface area contributed by atoms with Crippen molar-refractivity contribution in [2.75, 3.05) is 13.1 Å². The second kappa shape index (κ2) is 5.65. The first kappa shape index (κ1) is 12.6. The van der Waals surface area contributed by atoms with Crippen molar-refractivity contribution < 1.29 is 0 Å². The first-order chi connectivity index (χ1) is 8.16. The summed E-state index contributed by atoms with van der Waals surface area (Å²) >= 11 is 0. The molecule has 0 saturated carbocycles. The van der Waals surface area contributed by atoms with Gasteiger partial charge in [-0.2, -0.15) is 5.10 Å². The molecule has 0 amide bonds. The highest BCUT2D eigenvalue weighted by molar-refractivity contribution is 5.00. The van der Waals surface area contributed by atoms with Crippen molar-refractivity contribution in [2.45, 2.75) is 45.3 Å². The molecule has 1 saturated heterocycles. The van der Waals surface area contributed by atoms with Crippen LogP contribution >= 0.6 is 0 Å². The van der Waals surface area contributed by atoms with Gasteiger partial charge in [-0.05, 0) is 39.3 Å². The summed E-state index contributed by atoms with van der Waals surface area (Å²) in [6.07, 6.45) is 4.51. The largest absolute Gasteiger partial charge is 0.313 e. The molecule has 4 heteroatoms. The Bertz CT molecular complexity index is 339. The van der Waals surface area contributed by atoms with E-state index in [2.05, 4.69) is 35.2 Å². The molecule has 17 heavy (non-hydrogen) atoms. The lowest BCUT2D eigenvalue weighted by Gasteiger charge is -2.29. The fourth-order valence-electron chi connectivity index (χ4n) is 2.42. The third-order valence-electron chi connectivity index (χ3n) is 3.64. The van der Waals surface area contributed by atoms with Crippen LogP contribution in [0.5, 0.6) is 0 Å². The summed E-state index contributed by atoms with van der Waals surface area (Å²) in [7, 11) is 2.02. The number of nitrogens with zero attached hydrogens (tertiary/aromatic N) is 3. The van der Waals surface area contributed by atoms with Gasteiger partial charge in [0.1, 0.15) is 0 Å². The van der Waals surface area contributed by atoms with Gasteiger partial charge >= 0.3 is 0 Å². The molecule has 1 aliphatic rings. The molecule has 2 rings (SSSR count). The SMILES string of the molecule is CC(C)N(Cc1ccnn1C)CC1CCCN1. The van der Waals surface area contributed by atoms with Crippen LogP contribution in [0.2, 0.25) is 0 Å². The lowest BCUT2D eigenvalue weighted by atomic mass is 10.2. The summed E-state index contributed by atoms with van der Waals surface area (Å²) in [5.41, 5.74) is 1.29. The fraction of sp³-hybridized carbons (Fsp3) is 0.769. The molecule has 1 unspecified atom stereocenters. The van der Waals surface area contributed by atoms with Crippen molar-refractivity contribution >= 4 is 0 Å². The van der Waals surface area contributed by atoms with Gasteiger partial charge < -0.3 is 5.32 Å². The normalized spacial score (nSPS) is 20.6. The summed E-state index contributed by atoms with van der Waals surface area (Å²) in [5, 5.41) is 7.81. The predicted octanol–water partition coefficient (Wildman–Crippen LogP) is 1.38. The Hall–Kier alpha value is -0.870. The number of nitrogens with one attached hydrogen (secondary N) is 1. The lowest BCUT2D eigenvalue weighted by molar-refractivity contribution is 0.189. The van der Waals surface area contributed by atoms with Crippen molar-refractivity contribution in [2.24, 2.45) is 7.05 Å². The third kappa shape index (κ3) is 3.30. The number of rotatable bonds is 5. The average Bonchev–Trinajstić information content (AvgIpc) is 2.90. The van der Waals surface area contributed by atoms with Crippen molar-refractivity contribution in [3.05, 3.63) is 18.0 Å². The smallest absolute Gasteiger partial charge is 0.0521 e. The van der Waals surface area contributed by atoms with Gasteiger partial charge in [0.25, 0.3) is 0 Å². The molecule has 1 aliphatic heterocycles. The summed E-state index contributed by atoms with van der Waals surface area (Å²) in [5.74, 6) is 0. The molecule has 1 atom stereocenters. The van der Waals surface area contributed by atoms with E-state index in [0.717, 1.165) is 13.1 Å². The zero-order chi connectivity index (χ0) is 12.3. The molecule has 0 radical (unpaired) electrons. The molecule has 1 N–H and O–H groups in total. The van der Waals surface area contributed by atoms with Gasteiger partial charge in [-0.25, -0.2) is 0 Å². The van der Waals surface area contributed by atoms with E-state index in [1.165, 1.54) is 25.1 Å². The minimum absolute atomic E-state index is 0.576. The topological polar surface area (TPSA) is 33.1 Å². The van der Waals surface area contributed by atoms with Crippen LogP contribution in [0.15, 0.2) is 12.3 Å². The van der Waals surface area contributed by atoms with E-state index in [4.69, 9.17) is 0 Å². The van der Waals surface area contributed by atoms with E-state index in [-0.39, 0.29) is 0 Å². The Morgan fingerprint density at radius 1 is 1.59 bits per heavy atom. The summed E-state index contributed by atoms with van der Waals surface area (Å²) in [6.45, 7) is 7.86. The van der Waals surface area contributed by atoms with Crippen LogP contribution in [-0.4, -0.2) is 39.9 Å². The first-order valence-corrected chi connectivity index (χ1v) is 6.61. The molecular weight excluding hydrogens is 212 g/mol. The maximum absolute atomic E-state index is 4.24. The fourth-order valence-corrected chi connectivity index (χ4v) is 2.42. The first-order valence-electron chi connectivity index (χ1n) is 6.61. The molecule has 96 valence electrons. The van der Waals surface area contributed by atoms with Crippen molar-refractivity contribution in [1.29, 1.82) is 0 Å². The molecule has 0 bridgehead atoms. The van der Waals surface area contributed by atoms with Crippen molar-refractivity contribution in [1.82, 2.24) is 20.0 Å². The summed E-state index contributed by atoms with van der Waals surface area (Å²) in [6, 6.07) is 3.36. The molecule has 0 spiro atoms. The van der Waals surface area contributed by atoms with Crippen LogP contribution in [0.3, 0.4) is 0 Å². The molecular formula is C13H24N4. The Morgan fingerprint density at radius 3 is 2.94 bits per heavy atom. The predicted molar refractivity (Wildman–Crippen MR) is 69.8 cm³/mol. The minimum atomic E-state index is 0.576. The highest BCUT2D eigenvalue weighted by Crippen LogP contribution is 2.12. The van der Waals surface area contributed by atoms with Crippen LogP contribution in [0, 0.1) is 0 Å². The highest BCUT2D eigenvalue weighted by atomic mass is 15.3. The van der Waals surface area contributed by atoms with Crippen LogP contribution in [0.25, 0.3) is 0 Å². The zero-order valence-corrected chi connectivity index (χ0v) is 11.2. The zero-order valence-electron chi connectivity index (χ0n) is 11.2. The summed E-state index contributed by atoms with van der Waals surface area (Å²) < 4.78 is 1.97. The molecule has 1 aromatic rings. The maximum Gasteiger partial charge on any atom is 0.0521 e. The number of hydrogen-bond acceptors (Lipinski definition) is 3. The molecule has 0 aromatic carbocycles. The minimum Gasteiger partial charge on any atom is -0.313 e. The average molecular weight is 236 g/mol. The Morgan fingerprint density at radius 2 is 2.41 bits per heavy atom. The van der Waals surface area contributed by atoms with Gasteiger partial charge in [0.15, 0.2) is 0 Å². The molecule has 0 aliphatic carbocycles. The molecule has 2 heterocycles. The Balaban J connectivity index is 1.95. The van der Waals surface area contributed by atoms with E-state index in [9.17, 15) is 0 Å². The van der Waals surface area contributed by atoms with Crippen LogP contribution < -0.4 is 5.32 Å². The monoisotopic (exact) mass is 236 g/mol. The van der Waals surface area contributed by atoms with Gasteiger partial charge in [-0.1, -0.05) is 0 Å². The quantitative estimate of drug-likeness (QED) is 0.838. The Labute approximate surface area is 104 Å². The van der Waals surface area contributed by atoms with E-state index < -0.39 is 0 Å². The van der Waals surface area contributed by atoms with E-state index in [0.29, 0.717) is 12.1 Å². The third-order valence-corrected chi connectivity index (χ3v) is 3.64. The standard InChI is InChI=1S/C13H24N4/c1-11(2)17(9-12-5-4-7-14-12)10-13-6-8-15-16(13)3/h6,8,11-12,14H,4-5,7,9-10H2,1-3H3.